The van der Waals surface area contributed by atoms with Crippen molar-refractivity contribution >= 4 is 10.0 Å². The van der Waals surface area contributed by atoms with Crippen LogP contribution in [-0.2, 0) is 19.5 Å². The molecule has 0 aromatic rings. The highest BCUT2D eigenvalue weighted by Gasteiger charge is 2.14. The van der Waals surface area contributed by atoms with Crippen LogP contribution in [0.4, 0.5) is 0 Å². The van der Waals surface area contributed by atoms with Crippen molar-refractivity contribution in [3.63, 3.8) is 0 Å². The third kappa shape index (κ3) is 6.83. The number of rotatable bonds is 7. The average Bonchev–Trinajstić information content (AvgIpc) is 2.61. The second-order valence-electron chi connectivity index (χ2n) is 3.78. The van der Waals surface area contributed by atoms with Crippen LogP contribution in [0, 0.1) is 0 Å². The molecule has 90 valence electrons. The third-order valence-corrected chi connectivity index (χ3v) is 3.15. The first-order chi connectivity index (χ1) is 7.08. The summed E-state index contributed by atoms with van der Waals surface area (Å²) in [6, 6.07) is 0. The van der Waals surface area contributed by atoms with Crippen LogP contribution in [0.3, 0.4) is 0 Å². The molecule has 1 unspecified atom stereocenters. The van der Waals surface area contributed by atoms with Crippen molar-refractivity contribution in [1.82, 2.24) is 0 Å². The minimum Gasteiger partial charge on any atom is -0.379 e. The molecule has 15 heavy (non-hydrogen) atoms. The Morgan fingerprint density at radius 2 is 2.20 bits per heavy atom. The highest BCUT2D eigenvalue weighted by molar-refractivity contribution is 7.89. The van der Waals surface area contributed by atoms with Gasteiger partial charge in [-0.25, -0.2) is 13.6 Å². The van der Waals surface area contributed by atoms with Gasteiger partial charge in [0.15, 0.2) is 0 Å². The van der Waals surface area contributed by atoms with Gasteiger partial charge < -0.3 is 9.47 Å². The van der Waals surface area contributed by atoms with Gasteiger partial charge in [0.25, 0.3) is 0 Å². The lowest BCUT2D eigenvalue weighted by molar-refractivity contribution is 0.0165. The molecule has 0 aliphatic carbocycles. The van der Waals surface area contributed by atoms with Crippen molar-refractivity contribution in [3.05, 3.63) is 0 Å². The van der Waals surface area contributed by atoms with E-state index in [1.54, 1.807) is 0 Å². The van der Waals surface area contributed by atoms with Crippen LogP contribution in [0.25, 0.3) is 0 Å². The molecule has 1 rings (SSSR count). The lowest BCUT2D eigenvalue weighted by Crippen LogP contribution is -2.17. The first kappa shape index (κ1) is 12.9. The standard InChI is InChI=1S/C9H19NO4S/c10-15(11,12)7-2-1-5-13-8-9-4-3-6-14-9/h9H,1-8H2,(H2,10,11,12). The van der Waals surface area contributed by atoms with Gasteiger partial charge in [-0.2, -0.15) is 0 Å². The van der Waals surface area contributed by atoms with Crippen LogP contribution >= 0.6 is 0 Å². The van der Waals surface area contributed by atoms with Crippen molar-refractivity contribution in [3.8, 4) is 0 Å². The van der Waals surface area contributed by atoms with E-state index in [0.717, 1.165) is 25.9 Å². The van der Waals surface area contributed by atoms with E-state index in [1.807, 2.05) is 0 Å². The number of primary sulfonamides is 1. The summed E-state index contributed by atoms with van der Waals surface area (Å²) < 4.78 is 31.9. The molecule has 0 saturated carbocycles. The van der Waals surface area contributed by atoms with Gasteiger partial charge in [-0.15, -0.1) is 0 Å². The highest BCUT2D eigenvalue weighted by atomic mass is 32.2. The second-order valence-corrected chi connectivity index (χ2v) is 5.52. The molecule has 1 heterocycles. The van der Waals surface area contributed by atoms with Crippen LogP contribution in [-0.4, -0.2) is 40.1 Å². The molecule has 0 radical (unpaired) electrons. The number of sulfonamides is 1. The molecule has 0 aromatic heterocycles. The fourth-order valence-corrected chi connectivity index (χ4v) is 2.10. The van der Waals surface area contributed by atoms with E-state index in [0.29, 0.717) is 19.6 Å². The molecule has 1 fully saturated rings. The van der Waals surface area contributed by atoms with Crippen molar-refractivity contribution < 1.29 is 17.9 Å². The zero-order valence-electron chi connectivity index (χ0n) is 8.85. The number of hydrogen-bond donors (Lipinski definition) is 1. The Balaban J connectivity index is 1.89. The molecule has 1 saturated heterocycles. The fourth-order valence-electron chi connectivity index (χ4n) is 1.50. The van der Waals surface area contributed by atoms with Gasteiger partial charge in [0.1, 0.15) is 0 Å². The average molecular weight is 237 g/mol. The zero-order chi connectivity index (χ0) is 11.1. The fraction of sp³-hybridized carbons (Fsp3) is 1.00. The Bertz CT molecular complexity index is 259. The lowest BCUT2D eigenvalue weighted by atomic mass is 10.2. The van der Waals surface area contributed by atoms with Gasteiger partial charge in [0.05, 0.1) is 18.5 Å². The first-order valence-electron chi connectivity index (χ1n) is 5.28. The summed E-state index contributed by atoms with van der Waals surface area (Å²) in [6.45, 7) is 2.03. The summed E-state index contributed by atoms with van der Waals surface area (Å²) in [7, 11) is -3.31. The van der Waals surface area contributed by atoms with E-state index in [-0.39, 0.29) is 11.9 Å². The monoisotopic (exact) mass is 237 g/mol. The first-order valence-corrected chi connectivity index (χ1v) is 6.99. The summed E-state index contributed by atoms with van der Waals surface area (Å²) in [6.07, 6.45) is 3.70. The quantitative estimate of drug-likeness (QED) is 0.644. The maximum atomic E-state index is 10.6. The van der Waals surface area contributed by atoms with E-state index >= 15 is 0 Å². The summed E-state index contributed by atoms with van der Waals surface area (Å²) in [5, 5.41) is 4.86. The molecule has 0 spiro atoms. The van der Waals surface area contributed by atoms with Crippen LogP contribution in [0.5, 0.6) is 0 Å². The minimum absolute atomic E-state index is 0.0380. The molecule has 1 atom stereocenters. The molecule has 1 aliphatic heterocycles. The van der Waals surface area contributed by atoms with Crippen LogP contribution in [0.2, 0.25) is 0 Å². The van der Waals surface area contributed by atoms with Crippen LogP contribution in [0.1, 0.15) is 25.7 Å². The SMILES string of the molecule is NS(=O)(=O)CCCCOCC1CCCO1. The second kappa shape index (κ2) is 6.42. The van der Waals surface area contributed by atoms with Crippen LogP contribution < -0.4 is 5.14 Å². The summed E-state index contributed by atoms with van der Waals surface area (Å²) >= 11 is 0. The van der Waals surface area contributed by atoms with E-state index in [4.69, 9.17) is 14.6 Å². The minimum atomic E-state index is -3.31. The molecule has 2 N–H and O–H groups in total. The Morgan fingerprint density at radius 1 is 1.40 bits per heavy atom. The Labute approximate surface area is 91.0 Å². The number of hydrogen-bond acceptors (Lipinski definition) is 4. The smallest absolute Gasteiger partial charge is 0.209 e. The predicted octanol–water partition coefficient (Wildman–Crippen LogP) is 0.251. The molecule has 0 amide bonds. The number of ether oxygens (including phenoxy) is 2. The molecule has 1 aliphatic rings. The molecular formula is C9H19NO4S. The van der Waals surface area contributed by atoms with Gasteiger partial charge >= 0.3 is 0 Å². The highest BCUT2D eigenvalue weighted by Crippen LogP contribution is 2.11. The van der Waals surface area contributed by atoms with E-state index in [2.05, 4.69) is 0 Å². The summed E-state index contributed by atoms with van der Waals surface area (Å²) in [4.78, 5) is 0. The van der Waals surface area contributed by atoms with E-state index in [9.17, 15) is 8.42 Å². The molecule has 0 bridgehead atoms. The third-order valence-electron chi connectivity index (χ3n) is 2.30. The van der Waals surface area contributed by atoms with E-state index < -0.39 is 10.0 Å². The lowest BCUT2D eigenvalue weighted by Gasteiger charge is -2.09. The Morgan fingerprint density at radius 3 is 2.80 bits per heavy atom. The largest absolute Gasteiger partial charge is 0.379 e. The maximum Gasteiger partial charge on any atom is 0.209 e. The topological polar surface area (TPSA) is 78.6 Å². The van der Waals surface area contributed by atoms with Gasteiger partial charge in [-0.1, -0.05) is 0 Å². The molecule has 0 aromatic carbocycles. The Hall–Kier alpha value is -0.170. The predicted molar refractivity (Wildman–Crippen MR) is 57.0 cm³/mol. The van der Waals surface area contributed by atoms with E-state index in [1.165, 1.54) is 0 Å². The van der Waals surface area contributed by atoms with Crippen molar-refractivity contribution in [2.24, 2.45) is 5.14 Å². The summed E-state index contributed by atoms with van der Waals surface area (Å²) in [5.74, 6) is 0.0380. The molecular weight excluding hydrogens is 218 g/mol. The number of nitrogens with two attached hydrogens (primary N) is 1. The molecule has 5 nitrogen and oxygen atoms in total. The van der Waals surface area contributed by atoms with Crippen molar-refractivity contribution in [2.75, 3.05) is 25.6 Å². The van der Waals surface area contributed by atoms with Gasteiger partial charge in [-0.05, 0) is 25.7 Å². The van der Waals surface area contributed by atoms with Crippen LogP contribution in [0.15, 0.2) is 0 Å². The van der Waals surface area contributed by atoms with Crippen molar-refractivity contribution in [2.45, 2.75) is 31.8 Å². The van der Waals surface area contributed by atoms with Gasteiger partial charge in [-0.3, -0.25) is 0 Å². The summed E-state index contributed by atoms with van der Waals surface area (Å²) in [5.41, 5.74) is 0. The number of unbranched alkanes of at least 4 members (excludes halogenated alkanes) is 1. The Kier molecular flexibility index (Phi) is 5.52. The maximum absolute atomic E-state index is 10.6. The van der Waals surface area contributed by atoms with Gasteiger partial charge in [0.2, 0.25) is 10.0 Å². The van der Waals surface area contributed by atoms with Crippen molar-refractivity contribution in [1.29, 1.82) is 0 Å². The zero-order valence-corrected chi connectivity index (χ0v) is 9.67. The van der Waals surface area contributed by atoms with Gasteiger partial charge in [0, 0.05) is 13.2 Å². The normalized spacial score (nSPS) is 22.1. The molecule has 6 heteroatoms.